The van der Waals surface area contributed by atoms with E-state index in [0.29, 0.717) is 0 Å². The summed E-state index contributed by atoms with van der Waals surface area (Å²) < 4.78 is 13.3. The molecule has 9 nitrogen and oxygen atoms in total. The van der Waals surface area contributed by atoms with Gasteiger partial charge in [0.2, 0.25) is 9.03 Å². The van der Waals surface area contributed by atoms with Crippen molar-refractivity contribution in [2.24, 2.45) is 5.92 Å². The van der Waals surface area contributed by atoms with Gasteiger partial charge < -0.3 is 24.4 Å². The van der Waals surface area contributed by atoms with Crippen LogP contribution in [0.2, 0.25) is 0 Å². The van der Waals surface area contributed by atoms with Crippen molar-refractivity contribution in [2.75, 3.05) is 20.2 Å². The van der Waals surface area contributed by atoms with Gasteiger partial charge in [-0.1, -0.05) is 48.7 Å². The van der Waals surface area contributed by atoms with Gasteiger partial charge in [0, 0.05) is 7.05 Å². The van der Waals surface area contributed by atoms with Crippen molar-refractivity contribution in [3.05, 3.63) is 0 Å². The van der Waals surface area contributed by atoms with Crippen LogP contribution < -0.4 is 5.32 Å². The summed E-state index contributed by atoms with van der Waals surface area (Å²) in [5.41, 5.74) is -0.747. The maximum atomic E-state index is 12.3. The zero-order valence-corrected chi connectivity index (χ0v) is 20.5. The molecule has 13 heteroatoms. The summed E-state index contributed by atoms with van der Waals surface area (Å²) in [7, 11) is 1.34. The summed E-state index contributed by atoms with van der Waals surface area (Å²) in [6, 6.07) is -1.44. The Morgan fingerprint density at radius 3 is 2.00 bits per heavy atom. The number of likely N-dealkylation sites (N-methyl/N-ethyl adjacent to an activating group) is 1. The third kappa shape index (κ3) is 12.5. The van der Waals surface area contributed by atoms with E-state index in [1.54, 1.807) is 34.6 Å². The minimum absolute atomic E-state index is 0.443. The molecule has 0 rings (SSSR count). The lowest BCUT2D eigenvalue weighted by Crippen LogP contribution is -2.52. The number of carbonyl (C=O) groups excluding carboxylic acids is 4. The van der Waals surface area contributed by atoms with Gasteiger partial charge in [0.15, 0.2) is 0 Å². The lowest BCUT2D eigenvalue weighted by atomic mass is 10.0. The highest BCUT2D eigenvalue weighted by molar-refractivity contribution is 6.67. The minimum Gasteiger partial charge on any atom is -0.458 e. The number of alkyl carbamates (subject to hydrolysis) is 1. The van der Waals surface area contributed by atoms with Crippen molar-refractivity contribution in [1.82, 2.24) is 10.2 Å². The van der Waals surface area contributed by atoms with E-state index in [9.17, 15) is 19.2 Å². The Balaban J connectivity index is 5.11. The van der Waals surface area contributed by atoms with Crippen LogP contribution in [0.15, 0.2) is 0 Å². The number of amides is 2. The quantitative estimate of drug-likeness (QED) is 0.229. The van der Waals surface area contributed by atoms with E-state index in [0.717, 1.165) is 4.90 Å². The van der Waals surface area contributed by atoms with Gasteiger partial charge >= 0.3 is 18.2 Å². The van der Waals surface area contributed by atoms with E-state index in [1.807, 2.05) is 0 Å². The number of carbonyl (C=O) groups is 4. The third-order valence-corrected chi connectivity index (χ3v) is 3.77. The zero-order valence-electron chi connectivity index (χ0n) is 17.5. The lowest BCUT2D eigenvalue weighted by Gasteiger charge is -2.29. The first-order valence-electron chi connectivity index (χ1n) is 8.76. The lowest BCUT2D eigenvalue weighted by molar-refractivity contribution is -0.154. The van der Waals surface area contributed by atoms with E-state index >= 15 is 0 Å². The van der Waals surface area contributed by atoms with Crippen molar-refractivity contribution in [2.45, 2.75) is 56.2 Å². The second kappa shape index (κ2) is 12.0. The summed E-state index contributed by atoms with van der Waals surface area (Å²) in [4.78, 5) is 49.0. The molecule has 0 heterocycles. The number of rotatable bonds is 8. The molecule has 0 aliphatic carbocycles. The van der Waals surface area contributed by atoms with Crippen molar-refractivity contribution in [1.29, 1.82) is 0 Å². The molecule has 0 aromatic heterocycles. The molecule has 1 N–H and O–H groups in total. The molecule has 0 unspecified atom stereocenters. The fraction of sp³-hybridized carbons (Fsp3) is 0.765. The molecular weight excluding hydrogens is 486 g/mol. The zero-order chi connectivity index (χ0) is 23.9. The molecule has 0 fully saturated rings. The number of alkyl halides is 3. The van der Waals surface area contributed by atoms with Crippen LogP contribution in [0.25, 0.3) is 0 Å². The SMILES string of the molecule is CC(C)[C@H](OC(=O)CN(C)C(=O)OC(C)(C)C)[C@H](NC(=O)OCC(Cl)(Cl)Cl)C(=O)Cl. The number of halogens is 4. The van der Waals surface area contributed by atoms with E-state index < -0.39 is 64.0 Å². The van der Waals surface area contributed by atoms with Crippen molar-refractivity contribution < 1.29 is 33.4 Å². The predicted molar refractivity (Wildman–Crippen MR) is 113 cm³/mol. The Morgan fingerprint density at radius 2 is 1.60 bits per heavy atom. The summed E-state index contributed by atoms with van der Waals surface area (Å²) in [6.45, 7) is 7.26. The average molecular weight is 512 g/mol. The summed E-state index contributed by atoms with van der Waals surface area (Å²) >= 11 is 22.0. The molecule has 0 spiro atoms. The second-order valence-corrected chi connectivity index (χ2v) is 10.5. The van der Waals surface area contributed by atoms with Crippen LogP contribution >= 0.6 is 46.4 Å². The number of hydrogen-bond acceptors (Lipinski definition) is 7. The van der Waals surface area contributed by atoms with Gasteiger partial charge in [-0.05, 0) is 38.3 Å². The number of esters is 1. The summed E-state index contributed by atoms with van der Waals surface area (Å²) in [5.74, 6) is -1.29. The van der Waals surface area contributed by atoms with Gasteiger partial charge in [0.1, 0.15) is 30.9 Å². The van der Waals surface area contributed by atoms with Crippen molar-refractivity contribution in [3.8, 4) is 0 Å². The number of hydrogen-bond donors (Lipinski definition) is 1. The molecule has 0 aliphatic heterocycles. The Bertz CT molecular complexity index is 633. The molecule has 0 aliphatic rings. The topological polar surface area (TPSA) is 111 Å². The highest BCUT2D eigenvalue weighted by Gasteiger charge is 2.36. The molecule has 0 aromatic carbocycles. The van der Waals surface area contributed by atoms with E-state index in [1.165, 1.54) is 7.05 Å². The molecule has 174 valence electrons. The maximum Gasteiger partial charge on any atom is 0.410 e. The Labute approximate surface area is 195 Å². The van der Waals surface area contributed by atoms with Gasteiger partial charge in [-0.3, -0.25) is 9.59 Å². The highest BCUT2D eigenvalue weighted by Crippen LogP contribution is 2.26. The first kappa shape index (κ1) is 28.8. The molecule has 0 aromatic rings. The number of nitrogens with one attached hydrogen (secondary N) is 1. The standard InChI is InChI=1S/C17H26Cl4N2O7/c1-9(2)12(11(13(18)25)22-14(26)28-8-17(19,20)21)29-10(24)7-23(6)15(27)30-16(3,4)5/h9,11-12H,7-8H2,1-6H3,(H,22,26)/t11-,12-/m0/s1. The van der Waals surface area contributed by atoms with Gasteiger partial charge in [-0.2, -0.15) is 0 Å². The highest BCUT2D eigenvalue weighted by atomic mass is 35.6. The number of nitrogens with zero attached hydrogens (tertiary/aromatic N) is 1. The molecule has 2 atom stereocenters. The van der Waals surface area contributed by atoms with Crippen LogP contribution in [-0.4, -0.2) is 70.0 Å². The van der Waals surface area contributed by atoms with E-state index in [-0.39, 0.29) is 0 Å². The molecule has 0 saturated heterocycles. The molecule has 0 saturated carbocycles. The molecular formula is C17H26Cl4N2O7. The van der Waals surface area contributed by atoms with E-state index in [4.69, 9.17) is 60.6 Å². The second-order valence-electron chi connectivity index (χ2n) is 7.65. The van der Waals surface area contributed by atoms with Crippen LogP contribution in [-0.2, 0) is 23.8 Å². The van der Waals surface area contributed by atoms with Gasteiger partial charge in [-0.15, -0.1) is 0 Å². The van der Waals surface area contributed by atoms with Crippen LogP contribution in [0.4, 0.5) is 9.59 Å². The Kier molecular flexibility index (Phi) is 11.6. The van der Waals surface area contributed by atoms with Gasteiger partial charge in [0.25, 0.3) is 0 Å². The van der Waals surface area contributed by atoms with Crippen LogP contribution in [0.1, 0.15) is 34.6 Å². The van der Waals surface area contributed by atoms with Crippen molar-refractivity contribution in [3.63, 3.8) is 0 Å². The monoisotopic (exact) mass is 510 g/mol. The predicted octanol–water partition coefficient (Wildman–Crippen LogP) is 3.65. The van der Waals surface area contributed by atoms with Gasteiger partial charge in [-0.25, -0.2) is 9.59 Å². The molecule has 0 radical (unpaired) electrons. The first-order chi connectivity index (χ1) is 13.4. The maximum absolute atomic E-state index is 12.3. The van der Waals surface area contributed by atoms with Crippen molar-refractivity contribution >= 4 is 69.8 Å². The molecule has 2 amide bonds. The fourth-order valence-corrected chi connectivity index (χ4v) is 2.30. The van der Waals surface area contributed by atoms with Crippen LogP contribution in [0.3, 0.4) is 0 Å². The normalized spacial score (nSPS) is 13.8. The summed E-state index contributed by atoms with van der Waals surface area (Å²) in [5, 5.41) is 1.18. The van der Waals surface area contributed by atoms with Crippen LogP contribution in [0.5, 0.6) is 0 Å². The molecule has 30 heavy (non-hydrogen) atoms. The minimum atomic E-state index is -1.85. The third-order valence-electron chi connectivity index (χ3n) is 3.21. The number of ether oxygens (including phenoxy) is 3. The average Bonchev–Trinajstić information content (AvgIpc) is 2.53. The summed E-state index contributed by atoms with van der Waals surface area (Å²) in [6.07, 6.45) is -3.00. The Morgan fingerprint density at radius 1 is 1.07 bits per heavy atom. The largest absolute Gasteiger partial charge is 0.458 e. The van der Waals surface area contributed by atoms with Crippen LogP contribution in [0, 0.1) is 5.92 Å². The Hall–Kier alpha value is -1.16. The van der Waals surface area contributed by atoms with Gasteiger partial charge in [0.05, 0.1) is 0 Å². The fourth-order valence-electron chi connectivity index (χ4n) is 1.96. The molecule has 0 bridgehead atoms. The first-order valence-corrected chi connectivity index (χ1v) is 10.3. The van der Waals surface area contributed by atoms with E-state index in [2.05, 4.69) is 5.32 Å². The smallest absolute Gasteiger partial charge is 0.410 e.